The molecule has 152 valence electrons. The molecule has 2 unspecified atom stereocenters. The van der Waals surface area contributed by atoms with E-state index in [2.05, 4.69) is 40.3 Å². The molecule has 0 aromatic carbocycles. The van der Waals surface area contributed by atoms with Gasteiger partial charge in [-0.15, -0.1) is 0 Å². The summed E-state index contributed by atoms with van der Waals surface area (Å²) in [7, 11) is 0. The fraction of sp³-hybridized carbons (Fsp3) is 0.762. The van der Waals surface area contributed by atoms with Crippen LogP contribution in [0.5, 0.6) is 0 Å². The van der Waals surface area contributed by atoms with Crippen molar-refractivity contribution in [2.24, 2.45) is 10.9 Å². The lowest BCUT2D eigenvalue weighted by Gasteiger charge is -2.25. The molecule has 6 heteroatoms. The average molecular weight is 376 g/mol. The summed E-state index contributed by atoms with van der Waals surface area (Å²) in [6.07, 6.45) is 6.85. The van der Waals surface area contributed by atoms with Crippen molar-refractivity contribution in [3.05, 3.63) is 24.2 Å². The van der Waals surface area contributed by atoms with E-state index in [9.17, 15) is 0 Å². The van der Waals surface area contributed by atoms with Crippen LogP contribution in [-0.4, -0.2) is 68.1 Å². The second-order valence-electron chi connectivity index (χ2n) is 7.83. The van der Waals surface area contributed by atoms with Crippen LogP contribution in [0.1, 0.15) is 51.3 Å². The van der Waals surface area contributed by atoms with Gasteiger partial charge in [-0.25, -0.2) is 0 Å². The molecule has 0 spiro atoms. The van der Waals surface area contributed by atoms with Crippen LogP contribution in [-0.2, 0) is 0 Å². The lowest BCUT2D eigenvalue weighted by Crippen LogP contribution is -2.41. The van der Waals surface area contributed by atoms with Crippen molar-refractivity contribution in [3.8, 4) is 0 Å². The predicted octanol–water partition coefficient (Wildman–Crippen LogP) is 2.70. The van der Waals surface area contributed by atoms with E-state index in [-0.39, 0.29) is 6.04 Å². The average Bonchev–Trinajstić information content (AvgIpc) is 3.43. The summed E-state index contributed by atoms with van der Waals surface area (Å²) in [5.41, 5.74) is 0. The van der Waals surface area contributed by atoms with Crippen LogP contribution in [0.4, 0.5) is 0 Å². The predicted molar refractivity (Wildman–Crippen MR) is 111 cm³/mol. The molecule has 2 saturated heterocycles. The van der Waals surface area contributed by atoms with Gasteiger partial charge < -0.3 is 20.0 Å². The molecule has 3 rings (SSSR count). The van der Waals surface area contributed by atoms with Crippen LogP contribution in [0.15, 0.2) is 27.8 Å². The van der Waals surface area contributed by atoms with E-state index in [1.165, 1.54) is 45.3 Å². The SMILES string of the molecule is CCCN1CCC(CNC(=NCC(c2ccco2)N2CCCC2)NCC)C1. The van der Waals surface area contributed by atoms with Crippen LogP contribution in [0.25, 0.3) is 0 Å². The number of aliphatic imine (C=N–C) groups is 1. The Hall–Kier alpha value is -1.53. The molecule has 1 aromatic heterocycles. The van der Waals surface area contributed by atoms with Crippen LogP contribution >= 0.6 is 0 Å². The molecule has 2 atom stereocenters. The minimum absolute atomic E-state index is 0.240. The standard InChI is InChI=1S/C21H37N5O/c1-3-10-25-13-9-18(17-25)15-23-21(22-4-2)24-16-19(20-8-7-14-27-20)26-11-5-6-12-26/h7-8,14,18-19H,3-6,9-13,15-17H2,1-2H3,(H2,22,23,24). The lowest BCUT2D eigenvalue weighted by molar-refractivity contribution is 0.221. The minimum atomic E-state index is 0.240. The first-order valence-corrected chi connectivity index (χ1v) is 10.8. The summed E-state index contributed by atoms with van der Waals surface area (Å²) in [5.74, 6) is 2.68. The monoisotopic (exact) mass is 375 g/mol. The highest BCUT2D eigenvalue weighted by Gasteiger charge is 2.26. The molecule has 0 amide bonds. The van der Waals surface area contributed by atoms with E-state index in [0.29, 0.717) is 0 Å². The zero-order valence-corrected chi connectivity index (χ0v) is 17.1. The van der Waals surface area contributed by atoms with E-state index in [0.717, 1.165) is 50.4 Å². The Morgan fingerprint density at radius 3 is 2.81 bits per heavy atom. The van der Waals surface area contributed by atoms with Crippen molar-refractivity contribution in [2.75, 3.05) is 52.4 Å². The van der Waals surface area contributed by atoms with Gasteiger partial charge in [0.25, 0.3) is 0 Å². The van der Waals surface area contributed by atoms with Crippen molar-refractivity contribution in [1.82, 2.24) is 20.4 Å². The summed E-state index contributed by atoms with van der Waals surface area (Å²) in [6, 6.07) is 4.30. The maximum atomic E-state index is 5.72. The fourth-order valence-corrected chi connectivity index (χ4v) is 4.28. The van der Waals surface area contributed by atoms with E-state index in [1.54, 1.807) is 6.26 Å². The van der Waals surface area contributed by atoms with Crippen molar-refractivity contribution >= 4 is 5.96 Å². The number of likely N-dealkylation sites (tertiary alicyclic amines) is 2. The molecule has 2 fully saturated rings. The zero-order valence-electron chi connectivity index (χ0n) is 17.1. The third-order valence-electron chi connectivity index (χ3n) is 5.69. The van der Waals surface area contributed by atoms with E-state index >= 15 is 0 Å². The molecule has 0 bridgehead atoms. The molecular weight excluding hydrogens is 338 g/mol. The van der Waals surface area contributed by atoms with E-state index < -0.39 is 0 Å². The van der Waals surface area contributed by atoms with Crippen molar-refractivity contribution in [2.45, 2.75) is 45.6 Å². The highest BCUT2D eigenvalue weighted by atomic mass is 16.3. The van der Waals surface area contributed by atoms with Crippen LogP contribution < -0.4 is 10.6 Å². The minimum Gasteiger partial charge on any atom is -0.468 e. The Morgan fingerprint density at radius 1 is 1.26 bits per heavy atom. The van der Waals surface area contributed by atoms with Crippen LogP contribution in [0.3, 0.4) is 0 Å². The quantitative estimate of drug-likeness (QED) is 0.513. The molecule has 3 heterocycles. The zero-order chi connectivity index (χ0) is 18.9. The number of guanidine groups is 1. The molecule has 6 nitrogen and oxygen atoms in total. The first-order valence-electron chi connectivity index (χ1n) is 10.8. The summed E-state index contributed by atoms with van der Waals surface area (Å²) < 4.78 is 5.72. The van der Waals surface area contributed by atoms with Crippen molar-refractivity contribution in [1.29, 1.82) is 0 Å². The Kier molecular flexibility index (Phi) is 8.02. The summed E-state index contributed by atoms with van der Waals surface area (Å²) in [6.45, 7) is 13.0. The third-order valence-corrected chi connectivity index (χ3v) is 5.69. The molecule has 1 aromatic rings. The molecule has 0 saturated carbocycles. The second-order valence-corrected chi connectivity index (χ2v) is 7.83. The maximum absolute atomic E-state index is 5.72. The molecule has 0 aliphatic carbocycles. The molecule has 2 N–H and O–H groups in total. The van der Waals surface area contributed by atoms with Crippen molar-refractivity contribution in [3.63, 3.8) is 0 Å². The summed E-state index contributed by atoms with van der Waals surface area (Å²) in [5, 5.41) is 6.99. The first kappa shape index (κ1) is 20.2. The van der Waals surface area contributed by atoms with Gasteiger partial charge >= 0.3 is 0 Å². The van der Waals surface area contributed by atoms with Gasteiger partial charge in [0, 0.05) is 19.6 Å². The van der Waals surface area contributed by atoms with Crippen LogP contribution in [0.2, 0.25) is 0 Å². The first-order chi connectivity index (χ1) is 13.3. The number of rotatable bonds is 9. The molecule has 2 aliphatic heterocycles. The smallest absolute Gasteiger partial charge is 0.191 e. The van der Waals surface area contributed by atoms with Crippen molar-refractivity contribution < 1.29 is 4.42 Å². The maximum Gasteiger partial charge on any atom is 0.191 e. The molecule has 2 aliphatic rings. The fourth-order valence-electron chi connectivity index (χ4n) is 4.28. The molecular formula is C21H37N5O. The van der Waals surface area contributed by atoms with Gasteiger partial charge in [0.1, 0.15) is 5.76 Å². The van der Waals surface area contributed by atoms with Gasteiger partial charge in [0.15, 0.2) is 5.96 Å². The van der Waals surface area contributed by atoms with Gasteiger partial charge in [-0.05, 0) is 76.8 Å². The highest BCUT2D eigenvalue weighted by Crippen LogP contribution is 2.25. The lowest BCUT2D eigenvalue weighted by atomic mass is 10.1. The summed E-state index contributed by atoms with van der Waals surface area (Å²) >= 11 is 0. The van der Waals surface area contributed by atoms with E-state index in [1.807, 2.05) is 6.07 Å². The number of furan rings is 1. The van der Waals surface area contributed by atoms with Gasteiger partial charge in [-0.1, -0.05) is 6.92 Å². The highest BCUT2D eigenvalue weighted by molar-refractivity contribution is 5.79. The molecule has 0 radical (unpaired) electrons. The topological polar surface area (TPSA) is 56.0 Å². The van der Waals surface area contributed by atoms with Gasteiger partial charge in [-0.2, -0.15) is 0 Å². The molecule has 27 heavy (non-hydrogen) atoms. The summed E-state index contributed by atoms with van der Waals surface area (Å²) in [4.78, 5) is 10.00. The number of hydrogen-bond donors (Lipinski definition) is 2. The van der Waals surface area contributed by atoms with Crippen LogP contribution in [0, 0.1) is 5.92 Å². The Balaban J connectivity index is 1.55. The third kappa shape index (κ3) is 5.98. The van der Waals surface area contributed by atoms with Gasteiger partial charge in [0.2, 0.25) is 0 Å². The normalized spacial score (nSPS) is 23.0. The van der Waals surface area contributed by atoms with Gasteiger partial charge in [0.05, 0.1) is 18.8 Å². The van der Waals surface area contributed by atoms with E-state index in [4.69, 9.17) is 9.41 Å². The Bertz CT molecular complexity index is 553. The largest absolute Gasteiger partial charge is 0.468 e. The Morgan fingerprint density at radius 2 is 2.11 bits per heavy atom. The Labute approximate surface area is 164 Å². The second kappa shape index (κ2) is 10.7. The van der Waals surface area contributed by atoms with Gasteiger partial charge in [-0.3, -0.25) is 9.89 Å². The number of hydrogen-bond acceptors (Lipinski definition) is 4. The number of nitrogens with one attached hydrogen (secondary N) is 2. The number of nitrogens with zero attached hydrogens (tertiary/aromatic N) is 3.